The van der Waals surface area contributed by atoms with Crippen LogP contribution >= 0.6 is 0 Å². The first-order chi connectivity index (χ1) is 8.22. The zero-order valence-corrected chi connectivity index (χ0v) is 10.8. The quantitative estimate of drug-likeness (QED) is 0.861. The molecule has 4 heteroatoms. The molecule has 1 aromatic rings. The number of nitrogens with two attached hydrogens (primary N) is 1. The molecule has 2 N–H and O–H groups in total. The minimum atomic E-state index is 0.363. The zero-order chi connectivity index (χ0) is 12.3. The number of likely N-dealkylation sites (tertiary alicyclic amines) is 1. The molecule has 1 atom stereocenters. The van der Waals surface area contributed by atoms with Crippen LogP contribution in [0, 0.1) is 12.8 Å². The van der Waals surface area contributed by atoms with Crippen molar-refractivity contribution in [3.63, 3.8) is 0 Å². The highest BCUT2D eigenvalue weighted by atomic mass is 15.2. The van der Waals surface area contributed by atoms with Gasteiger partial charge in [-0.25, -0.2) is 0 Å². The molecule has 0 bridgehead atoms. The van der Waals surface area contributed by atoms with Crippen molar-refractivity contribution in [1.29, 1.82) is 0 Å². The van der Waals surface area contributed by atoms with Gasteiger partial charge in [-0.1, -0.05) is 0 Å². The predicted molar refractivity (Wildman–Crippen MR) is 68.5 cm³/mol. The van der Waals surface area contributed by atoms with Crippen LogP contribution in [-0.4, -0.2) is 34.5 Å². The third-order valence-corrected chi connectivity index (χ3v) is 3.85. The number of piperidine rings is 1. The normalized spacial score (nSPS) is 20.4. The maximum atomic E-state index is 5.72. The lowest BCUT2D eigenvalue weighted by Gasteiger charge is -2.35. The molecular weight excluding hydrogens is 212 g/mol. The van der Waals surface area contributed by atoms with Crippen LogP contribution in [0.4, 0.5) is 0 Å². The van der Waals surface area contributed by atoms with Crippen molar-refractivity contribution in [3.8, 4) is 0 Å². The van der Waals surface area contributed by atoms with E-state index in [1.807, 2.05) is 6.92 Å². The lowest BCUT2D eigenvalue weighted by molar-refractivity contribution is 0.140. The van der Waals surface area contributed by atoms with Crippen molar-refractivity contribution in [3.05, 3.63) is 23.8 Å². The monoisotopic (exact) mass is 234 g/mol. The zero-order valence-electron chi connectivity index (χ0n) is 10.8. The van der Waals surface area contributed by atoms with Crippen LogP contribution in [0.2, 0.25) is 0 Å². The van der Waals surface area contributed by atoms with Crippen LogP contribution < -0.4 is 5.73 Å². The fourth-order valence-corrected chi connectivity index (χ4v) is 2.58. The van der Waals surface area contributed by atoms with Gasteiger partial charge in [0.1, 0.15) is 0 Å². The average Bonchev–Trinajstić information content (AvgIpc) is 2.39. The second-order valence-corrected chi connectivity index (χ2v) is 4.92. The van der Waals surface area contributed by atoms with Crippen molar-refractivity contribution in [2.75, 3.05) is 19.6 Å². The summed E-state index contributed by atoms with van der Waals surface area (Å²) in [6.07, 6.45) is 5.96. The summed E-state index contributed by atoms with van der Waals surface area (Å²) >= 11 is 0. The van der Waals surface area contributed by atoms with Gasteiger partial charge in [-0.15, -0.1) is 0 Å². The van der Waals surface area contributed by atoms with Crippen molar-refractivity contribution in [1.82, 2.24) is 14.9 Å². The Kier molecular flexibility index (Phi) is 4.07. The Bertz CT molecular complexity index is 358. The summed E-state index contributed by atoms with van der Waals surface area (Å²) < 4.78 is 0. The summed E-state index contributed by atoms with van der Waals surface area (Å²) in [5.41, 5.74) is 7.87. The molecule has 2 heterocycles. The number of rotatable bonds is 3. The standard InChI is InChI=1S/C13H22N4/c1-10-13(16-6-5-15-10)11(2)17-7-3-12(9-14)4-8-17/h5-6,11-12H,3-4,7-9,14H2,1-2H3. The highest BCUT2D eigenvalue weighted by molar-refractivity contribution is 5.12. The van der Waals surface area contributed by atoms with Gasteiger partial charge >= 0.3 is 0 Å². The Balaban J connectivity index is 2.02. The second kappa shape index (κ2) is 5.56. The molecule has 0 amide bonds. The molecule has 1 unspecified atom stereocenters. The van der Waals surface area contributed by atoms with E-state index in [-0.39, 0.29) is 0 Å². The molecule has 0 radical (unpaired) electrons. The summed E-state index contributed by atoms with van der Waals surface area (Å²) in [5.74, 6) is 0.710. The van der Waals surface area contributed by atoms with Gasteiger partial charge in [0.2, 0.25) is 0 Å². The van der Waals surface area contributed by atoms with E-state index in [1.54, 1.807) is 12.4 Å². The van der Waals surface area contributed by atoms with Crippen LogP contribution in [-0.2, 0) is 0 Å². The topological polar surface area (TPSA) is 55.0 Å². The molecule has 17 heavy (non-hydrogen) atoms. The van der Waals surface area contributed by atoms with Crippen molar-refractivity contribution in [2.45, 2.75) is 32.7 Å². The van der Waals surface area contributed by atoms with Gasteiger partial charge in [0.05, 0.1) is 17.4 Å². The van der Waals surface area contributed by atoms with E-state index in [2.05, 4.69) is 21.8 Å². The van der Waals surface area contributed by atoms with Gasteiger partial charge < -0.3 is 5.73 Å². The Labute approximate surface area is 103 Å². The molecule has 0 spiro atoms. The number of hydrogen-bond donors (Lipinski definition) is 1. The molecule has 94 valence electrons. The van der Waals surface area contributed by atoms with Crippen molar-refractivity contribution >= 4 is 0 Å². The van der Waals surface area contributed by atoms with Gasteiger partial charge in [-0.3, -0.25) is 14.9 Å². The van der Waals surface area contributed by atoms with Gasteiger partial charge in [0.25, 0.3) is 0 Å². The fourth-order valence-electron chi connectivity index (χ4n) is 2.58. The van der Waals surface area contributed by atoms with Gasteiger partial charge in [-0.2, -0.15) is 0 Å². The predicted octanol–water partition coefficient (Wildman–Crippen LogP) is 1.52. The Morgan fingerprint density at radius 1 is 1.35 bits per heavy atom. The van der Waals surface area contributed by atoms with Crippen molar-refractivity contribution < 1.29 is 0 Å². The molecule has 0 saturated carbocycles. The summed E-state index contributed by atoms with van der Waals surface area (Å²) in [4.78, 5) is 11.3. The molecule has 1 aromatic heterocycles. The average molecular weight is 234 g/mol. The SMILES string of the molecule is Cc1nccnc1C(C)N1CCC(CN)CC1. The third-order valence-electron chi connectivity index (χ3n) is 3.85. The lowest BCUT2D eigenvalue weighted by atomic mass is 9.95. The smallest absolute Gasteiger partial charge is 0.0784 e. The Morgan fingerprint density at radius 3 is 2.59 bits per heavy atom. The van der Waals surface area contributed by atoms with Crippen LogP contribution in [0.15, 0.2) is 12.4 Å². The largest absolute Gasteiger partial charge is 0.330 e. The fraction of sp³-hybridized carbons (Fsp3) is 0.692. The van der Waals surface area contributed by atoms with E-state index in [0.29, 0.717) is 12.0 Å². The van der Waals surface area contributed by atoms with Crippen LogP contribution in [0.5, 0.6) is 0 Å². The summed E-state index contributed by atoms with van der Waals surface area (Å²) in [6.45, 7) is 7.33. The highest BCUT2D eigenvalue weighted by Crippen LogP contribution is 2.25. The maximum absolute atomic E-state index is 5.72. The van der Waals surface area contributed by atoms with E-state index >= 15 is 0 Å². The van der Waals surface area contributed by atoms with E-state index in [4.69, 9.17) is 5.73 Å². The van der Waals surface area contributed by atoms with E-state index < -0.39 is 0 Å². The minimum absolute atomic E-state index is 0.363. The van der Waals surface area contributed by atoms with Crippen LogP contribution in [0.3, 0.4) is 0 Å². The minimum Gasteiger partial charge on any atom is -0.330 e. The van der Waals surface area contributed by atoms with Gasteiger partial charge in [0, 0.05) is 12.4 Å². The van der Waals surface area contributed by atoms with Crippen molar-refractivity contribution in [2.24, 2.45) is 11.7 Å². The second-order valence-electron chi connectivity index (χ2n) is 4.92. The number of hydrogen-bond acceptors (Lipinski definition) is 4. The van der Waals surface area contributed by atoms with Crippen LogP contribution in [0.1, 0.15) is 37.2 Å². The molecule has 1 aliphatic rings. The molecule has 2 rings (SSSR count). The Hall–Kier alpha value is -1.00. The molecule has 4 nitrogen and oxygen atoms in total. The number of nitrogens with zero attached hydrogens (tertiary/aromatic N) is 3. The molecule has 0 aromatic carbocycles. The molecule has 1 saturated heterocycles. The number of aryl methyl sites for hydroxylation is 1. The first-order valence-corrected chi connectivity index (χ1v) is 6.44. The Morgan fingerprint density at radius 2 is 2.00 bits per heavy atom. The first-order valence-electron chi connectivity index (χ1n) is 6.44. The third kappa shape index (κ3) is 2.82. The van der Waals surface area contributed by atoms with E-state index in [1.165, 1.54) is 12.8 Å². The summed E-state index contributed by atoms with van der Waals surface area (Å²) in [5, 5.41) is 0. The molecule has 0 aliphatic carbocycles. The number of aromatic nitrogens is 2. The highest BCUT2D eigenvalue weighted by Gasteiger charge is 2.24. The lowest BCUT2D eigenvalue weighted by Crippen LogP contribution is -2.38. The van der Waals surface area contributed by atoms with E-state index in [0.717, 1.165) is 31.0 Å². The van der Waals surface area contributed by atoms with Crippen LogP contribution in [0.25, 0.3) is 0 Å². The summed E-state index contributed by atoms with van der Waals surface area (Å²) in [6, 6.07) is 0.363. The van der Waals surface area contributed by atoms with E-state index in [9.17, 15) is 0 Å². The molecule has 1 aliphatic heterocycles. The molecular formula is C13H22N4. The van der Waals surface area contributed by atoms with Gasteiger partial charge in [-0.05, 0) is 52.2 Å². The van der Waals surface area contributed by atoms with Gasteiger partial charge in [0.15, 0.2) is 0 Å². The maximum Gasteiger partial charge on any atom is 0.0784 e. The summed E-state index contributed by atoms with van der Waals surface area (Å²) in [7, 11) is 0. The molecule has 1 fully saturated rings. The first kappa shape index (κ1) is 12.5.